The van der Waals surface area contributed by atoms with Crippen LogP contribution < -0.4 is 0 Å². The molecule has 0 aliphatic heterocycles. The summed E-state index contributed by atoms with van der Waals surface area (Å²) in [5, 5.41) is 0. The van der Waals surface area contributed by atoms with Crippen LogP contribution in [0.5, 0.6) is 0 Å². The lowest BCUT2D eigenvalue weighted by molar-refractivity contribution is 4.80. The summed E-state index contributed by atoms with van der Waals surface area (Å²) in [7, 11) is 7.08. The fraction of sp³-hybridized carbons (Fsp3) is 0. The number of halogens is 1. The Morgan fingerprint density at radius 1 is 2.00 bits per heavy atom. The zero-order valence-electron chi connectivity index (χ0n) is 3.03. The Balaban J connectivity index is 0. The number of hydrogen-bond donors (Lipinski definition) is 0. The lowest BCUT2D eigenvalue weighted by Gasteiger charge is -1.12. The fourth-order valence-corrected chi connectivity index (χ4v) is 0. The van der Waals surface area contributed by atoms with E-state index in [2.05, 4.69) is 19.0 Å². The summed E-state index contributed by atoms with van der Waals surface area (Å²) in [4.78, 5) is 0. The van der Waals surface area contributed by atoms with Gasteiger partial charge in [-0.15, -0.1) is 17.8 Å². The molecule has 0 aliphatic carbocycles. The highest BCUT2D eigenvalue weighted by Crippen LogP contribution is 1.86. The molecule has 0 aromatic carbocycles. The van der Waals surface area contributed by atoms with E-state index in [1.165, 1.54) is 0 Å². The second-order valence-electron chi connectivity index (χ2n) is 0. The van der Waals surface area contributed by atoms with Gasteiger partial charge in [0.1, 0.15) is 0 Å². The van der Waals surface area contributed by atoms with Gasteiger partial charge in [0, 0.05) is 0 Å². The van der Waals surface area contributed by atoms with Gasteiger partial charge in [-0.1, -0.05) is 0 Å². The van der Waals surface area contributed by atoms with Gasteiger partial charge in [0.15, 0.2) is 0 Å². The van der Waals surface area contributed by atoms with Crippen molar-refractivity contribution in [2.24, 2.45) is 0 Å². The minimum absolute atomic E-state index is 0.250. The molecular formula is H4AlClP2. The molecule has 0 saturated heterocycles. The van der Waals surface area contributed by atoms with Crippen molar-refractivity contribution in [2.45, 2.75) is 0 Å². The Morgan fingerprint density at radius 2 is 2.00 bits per heavy atom. The van der Waals surface area contributed by atoms with Crippen molar-refractivity contribution in [2.75, 3.05) is 0 Å². The van der Waals surface area contributed by atoms with Crippen molar-refractivity contribution >= 4 is 43.2 Å². The molecule has 0 rings (SSSR count). The molecule has 2 atom stereocenters. The lowest BCUT2D eigenvalue weighted by atomic mass is 26.9. The maximum absolute atomic E-state index is 6.20. The van der Waals surface area contributed by atoms with Crippen molar-refractivity contribution < 1.29 is 0 Å². The molecule has 0 N–H and O–H groups in total. The van der Waals surface area contributed by atoms with Crippen molar-refractivity contribution in [3.05, 3.63) is 0 Å². The van der Waals surface area contributed by atoms with Crippen LogP contribution in [0.1, 0.15) is 0 Å². The predicted molar refractivity (Wildman–Crippen MR) is 31.0 cm³/mol. The summed E-state index contributed by atoms with van der Waals surface area (Å²) in [6.45, 7) is 0. The molecule has 0 bridgehead atoms. The van der Waals surface area contributed by atoms with E-state index in [1.54, 1.807) is 0 Å². The summed E-state index contributed by atoms with van der Waals surface area (Å²) < 4.78 is 6.20. The summed E-state index contributed by atoms with van der Waals surface area (Å²) in [5.41, 5.74) is 0. The minimum Gasteiger partial charge on any atom is -0.293 e. The lowest BCUT2D eigenvalue weighted by Crippen LogP contribution is -0.980. The van der Waals surface area contributed by atoms with E-state index in [9.17, 15) is 0 Å². The topological polar surface area (TPSA) is 0 Å². The molecule has 0 amide bonds. The molecule has 0 heterocycles. The Morgan fingerprint density at radius 3 is 2.00 bits per heavy atom. The molecule has 4 heavy (non-hydrogen) atoms. The fourth-order valence-electron chi connectivity index (χ4n) is 0. The third kappa shape index (κ3) is 9.36. The maximum atomic E-state index is 6.20. The largest absolute Gasteiger partial charge is 0.293 e. The van der Waals surface area contributed by atoms with Crippen molar-refractivity contribution in [3.8, 4) is 0 Å². The first kappa shape index (κ1) is 5.68. The second-order valence-corrected chi connectivity index (χ2v) is 0. The Kier molecular flexibility index (Phi) is 31.9. The van der Waals surface area contributed by atoms with Gasteiger partial charge in [-0.2, -0.15) is 0 Å². The van der Waals surface area contributed by atoms with Crippen molar-refractivity contribution in [1.82, 2.24) is 0 Å². The molecule has 2 unspecified atom stereocenters. The van der Waals surface area contributed by atoms with E-state index in [-0.39, 0.29) is 8.87 Å². The Labute approximate surface area is 44.9 Å². The van der Waals surface area contributed by atoms with Gasteiger partial charge in [-0.3, -0.25) is 10.0 Å². The van der Waals surface area contributed by atoms with E-state index >= 15 is 0 Å². The van der Waals surface area contributed by atoms with Crippen molar-refractivity contribution in [3.63, 3.8) is 0 Å². The molecule has 0 saturated carbocycles. The quantitative estimate of drug-likeness (QED) is 0.338. The molecule has 4 heteroatoms. The third-order valence-corrected chi connectivity index (χ3v) is 0. The molecule has 0 spiro atoms. The zero-order chi connectivity index (χ0) is 4.71. The van der Waals surface area contributed by atoms with E-state index in [1.807, 2.05) is 15.4 Å². The van der Waals surface area contributed by atoms with Crippen LogP contribution in [0.2, 0.25) is 0 Å². The van der Waals surface area contributed by atoms with Gasteiger partial charge < -0.3 is 0 Å². The highest BCUT2D eigenvalue weighted by molar-refractivity contribution is 7.92. The highest BCUT2D eigenvalue weighted by Gasteiger charge is 1.04. The first-order valence-corrected chi connectivity index (χ1v) is 4.56. The van der Waals surface area contributed by atoms with Gasteiger partial charge in [-0.25, -0.2) is 0 Å². The van der Waals surface area contributed by atoms with Gasteiger partial charge in [0.05, 0.1) is 1.28 Å². The molecule has 0 aromatic rings. The highest BCUT2D eigenvalue weighted by atomic mass is 35.6. The van der Waals surface area contributed by atoms with Crippen LogP contribution in [0.3, 0.4) is 0 Å². The zero-order valence-corrected chi connectivity index (χ0v) is 6.10. The standard InChI is InChI=1S/Al.ClH.H4P2/c;;1-2/h;1H;1-2H2/q+1;;/p-1/i;;1T. The first-order chi connectivity index (χ1) is 2.41. The van der Waals surface area contributed by atoms with Crippen molar-refractivity contribution in [1.29, 1.82) is 1.28 Å². The molecule has 0 aromatic heterocycles. The maximum Gasteiger partial charge on any atom is 0.293 e. The SMILES string of the molecule is [3H]PP.[Al][Cl]. The van der Waals surface area contributed by atoms with Crippen LogP contribution in [-0.2, 0) is 0 Å². The van der Waals surface area contributed by atoms with Crippen LogP contribution in [0.4, 0.5) is 0 Å². The van der Waals surface area contributed by atoms with Crippen LogP contribution >= 0.6 is 27.9 Å². The second kappa shape index (κ2) is 22.4. The average Bonchev–Trinajstić information content (AvgIpc) is 1.46. The van der Waals surface area contributed by atoms with Gasteiger partial charge in [0.25, 0.3) is 15.4 Å². The molecule has 0 aliphatic rings. The molecular weight excluding hydrogens is 124 g/mol. The van der Waals surface area contributed by atoms with Gasteiger partial charge in [0.2, 0.25) is 0 Å². The smallest absolute Gasteiger partial charge is 0.293 e. The molecule has 0 fully saturated rings. The normalized spacial score (nSPS) is 9.00. The van der Waals surface area contributed by atoms with E-state index < -0.39 is 0 Å². The summed E-state index contributed by atoms with van der Waals surface area (Å²) >= 11 is 1.89. The van der Waals surface area contributed by atoms with Crippen LogP contribution in [0, 0.1) is 0 Å². The molecule has 24 valence electrons. The molecule has 0 nitrogen and oxygen atoms in total. The van der Waals surface area contributed by atoms with E-state index in [4.69, 9.17) is 1.28 Å². The predicted octanol–water partition coefficient (Wildman–Crippen LogP) is 0.960. The molecule has 2 radical (unpaired) electrons. The Bertz CT molecular complexity index is 9.61. The minimum atomic E-state index is 0.250. The van der Waals surface area contributed by atoms with E-state index in [0.717, 1.165) is 0 Å². The van der Waals surface area contributed by atoms with E-state index in [0.29, 0.717) is 0 Å². The van der Waals surface area contributed by atoms with Gasteiger partial charge >= 0.3 is 0 Å². The van der Waals surface area contributed by atoms with Crippen LogP contribution in [-0.4, -0.2) is 16.6 Å². The summed E-state index contributed by atoms with van der Waals surface area (Å²) in [6.07, 6.45) is 0. The monoisotopic (exact) mass is 130 g/mol. The number of rotatable bonds is 0. The van der Waals surface area contributed by atoms with Gasteiger partial charge in [-0.05, 0) is 0 Å². The van der Waals surface area contributed by atoms with Crippen LogP contribution in [0.15, 0.2) is 0 Å². The van der Waals surface area contributed by atoms with Crippen LogP contribution in [0.25, 0.3) is 0 Å². The third-order valence-electron chi connectivity index (χ3n) is 0. The Hall–Kier alpha value is 1.68. The first-order valence-electron chi connectivity index (χ1n) is 1.01. The summed E-state index contributed by atoms with van der Waals surface area (Å²) in [6, 6.07) is 0. The number of hydrogen-bond acceptors (Lipinski definition) is 0. The average molecular weight is 130 g/mol. The summed E-state index contributed by atoms with van der Waals surface area (Å²) in [5.74, 6) is 0.